The second-order valence-electron chi connectivity index (χ2n) is 6.48. The van der Waals surface area contributed by atoms with E-state index in [1.165, 1.54) is 19.3 Å². The molecule has 6 heteroatoms. The van der Waals surface area contributed by atoms with Crippen molar-refractivity contribution in [3.63, 3.8) is 0 Å². The first-order valence-electron chi connectivity index (χ1n) is 8.70. The van der Waals surface area contributed by atoms with Crippen LogP contribution in [0.2, 0.25) is 0 Å². The average Bonchev–Trinajstić information content (AvgIpc) is 3.01. The number of hydrogen-bond donors (Lipinski definition) is 1. The fourth-order valence-electron chi connectivity index (χ4n) is 2.99. The summed E-state index contributed by atoms with van der Waals surface area (Å²) in [5, 5.41) is 7.94. The third-order valence-corrected chi connectivity index (χ3v) is 4.36. The molecule has 1 atom stereocenters. The van der Waals surface area contributed by atoms with Crippen molar-refractivity contribution in [3.8, 4) is 0 Å². The van der Waals surface area contributed by atoms with Gasteiger partial charge in [0.2, 0.25) is 0 Å². The normalized spacial score (nSPS) is 17.8. The largest absolute Gasteiger partial charge is 0.335 e. The summed E-state index contributed by atoms with van der Waals surface area (Å²) >= 11 is 0. The Hall–Kier alpha value is -1.07. The number of hydrogen-bond acceptors (Lipinski definition) is 3. The Morgan fingerprint density at radius 3 is 2.87 bits per heavy atom. The number of piperidine rings is 1. The fourth-order valence-corrected chi connectivity index (χ4v) is 2.99. The first-order chi connectivity index (χ1) is 10.6. The van der Waals surface area contributed by atoms with Crippen LogP contribution in [0.3, 0.4) is 0 Å². The molecule has 1 saturated heterocycles. The maximum absolute atomic E-state index is 12.7. The number of unbranched alkanes of at least 4 members (excludes halogenated alkanes) is 2. The van der Waals surface area contributed by atoms with E-state index >= 15 is 0 Å². The van der Waals surface area contributed by atoms with Crippen molar-refractivity contribution in [1.29, 1.82) is 0 Å². The van der Waals surface area contributed by atoms with Crippen LogP contribution in [0.1, 0.15) is 69.4 Å². The van der Waals surface area contributed by atoms with Crippen LogP contribution in [-0.2, 0) is 0 Å². The third-order valence-electron chi connectivity index (χ3n) is 4.36. The molecule has 0 aromatic carbocycles. The standard InChI is InChI=1S/C17H30N4O.ClH/c1-4-5-6-11-20(14(2)3)17(22)16-9-12-21(19-16)15-8-7-10-18-13-15;/h9,12,14-15,18H,4-8,10-11,13H2,1-3H3;1H. The Morgan fingerprint density at radius 1 is 1.48 bits per heavy atom. The Kier molecular flexibility index (Phi) is 8.63. The second kappa shape index (κ2) is 9.93. The van der Waals surface area contributed by atoms with Gasteiger partial charge in [-0.1, -0.05) is 19.8 Å². The molecule has 1 unspecified atom stereocenters. The molecule has 0 radical (unpaired) electrons. The summed E-state index contributed by atoms with van der Waals surface area (Å²) in [6.07, 6.45) is 7.65. The predicted molar refractivity (Wildman–Crippen MR) is 96.3 cm³/mol. The molecule has 1 aromatic rings. The van der Waals surface area contributed by atoms with Crippen LogP contribution in [0, 0.1) is 0 Å². The molecule has 1 aliphatic rings. The molecule has 0 spiro atoms. The number of aromatic nitrogens is 2. The van der Waals surface area contributed by atoms with Gasteiger partial charge in [-0.3, -0.25) is 9.48 Å². The van der Waals surface area contributed by atoms with E-state index in [0.717, 1.165) is 32.5 Å². The lowest BCUT2D eigenvalue weighted by molar-refractivity contribution is 0.0694. The minimum absolute atomic E-state index is 0. The Morgan fingerprint density at radius 2 is 2.26 bits per heavy atom. The van der Waals surface area contributed by atoms with Crippen LogP contribution >= 0.6 is 12.4 Å². The summed E-state index contributed by atoms with van der Waals surface area (Å²) in [5.74, 6) is 0.0635. The van der Waals surface area contributed by atoms with E-state index in [1.807, 2.05) is 21.8 Å². The molecule has 2 heterocycles. The highest BCUT2D eigenvalue weighted by molar-refractivity contribution is 5.92. The fraction of sp³-hybridized carbons (Fsp3) is 0.765. The van der Waals surface area contributed by atoms with Gasteiger partial charge in [-0.25, -0.2) is 0 Å². The zero-order chi connectivity index (χ0) is 15.9. The summed E-state index contributed by atoms with van der Waals surface area (Å²) in [6.45, 7) is 9.18. The molecule has 0 aliphatic carbocycles. The van der Waals surface area contributed by atoms with Gasteiger partial charge < -0.3 is 10.2 Å². The van der Waals surface area contributed by atoms with Gasteiger partial charge in [0.05, 0.1) is 6.04 Å². The Bertz CT molecular complexity index is 469. The first kappa shape index (κ1) is 20.0. The van der Waals surface area contributed by atoms with Gasteiger partial charge in [0.1, 0.15) is 5.69 Å². The van der Waals surface area contributed by atoms with Crippen LogP contribution in [0.25, 0.3) is 0 Å². The summed E-state index contributed by atoms with van der Waals surface area (Å²) in [4.78, 5) is 14.7. The van der Waals surface area contributed by atoms with E-state index in [9.17, 15) is 4.79 Å². The minimum Gasteiger partial charge on any atom is -0.335 e. The summed E-state index contributed by atoms with van der Waals surface area (Å²) in [7, 11) is 0. The van der Waals surface area contributed by atoms with Gasteiger partial charge in [-0.05, 0) is 45.7 Å². The quantitative estimate of drug-likeness (QED) is 0.774. The van der Waals surface area contributed by atoms with E-state index in [4.69, 9.17) is 0 Å². The smallest absolute Gasteiger partial charge is 0.274 e. The van der Waals surface area contributed by atoms with Crippen LogP contribution < -0.4 is 5.32 Å². The molecule has 0 saturated carbocycles. The van der Waals surface area contributed by atoms with Gasteiger partial charge in [0.15, 0.2) is 0 Å². The molecule has 1 N–H and O–H groups in total. The minimum atomic E-state index is 0. The van der Waals surface area contributed by atoms with Gasteiger partial charge in [0.25, 0.3) is 5.91 Å². The number of nitrogens with zero attached hydrogens (tertiary/aromatic N) is 3. The molecule has 1 fully saturated rings. The molecule has 5 nitrogen and oxygen atoms in total. The van der Waals surface area contributed by atoms with Gasteiger partial charge in [-0.15, -0.1) is 12.4 Å². The first-order valence-corrected chi connectivity index (χ1v) is 8.70. The summed E-state index contributed by atoms with van der Waals surface area (Å²) < 4.78 is 1.96. The lowest BCUT2D eigenvalue weighted by Gasteiger charge is -2.26. The van der Waals surface area contributed by atoms with E-state index in [2.05, 4.69) is 31.2 Å². The highest BCUT2D eigenvalue weighted by Crippen LogP contribution is 2.17. The molecule has 23 heavy (non-hydrogen) atoms. The van der Waals surface area contributed by atoms with E-state index in [-0.39, 0.29) is 24.4 Å². The van der Waals surface area contributed by atoms with E-state index in [0.29, 0.717) is 11.7 Å². The molecule has 1 amide bonds. The maximum atomic E-state index is 12.7. The zero-order valence-electron chi connectivity index (χ0n) is 14.6. The van der Waals surface area contributed by atoms with Crippen LogP contribution in [0.4, 0.5) is 0 Å². The Labute approximate surface area is 146 Å². The number of carbonyl (C=O) groups is 1. The Balaban J connectivity index is 0.00000264. The highest BCUT2D eigenvalue weighted by atomic mass is 35.5. The van der Waals surface area contributed by atoms with E-state index < -0.39 is 0 Å². The van der Waals surface area contributed by atoms with Gasteiger partial charge in [0, 0.05) is 25.3 Å². The molecule has 1 aromatic heterocycles. The summed E-state index contributed by atoms with van der Waals surface area (Å²) in [6, 6.07) is 2.46. The lowest BCUT2D eigenvalue weighted by Crippen LogP contribution is -2.38. The van der Waals surface area contributed by atoms with Crippen molar-refractivity contribution in [3.05, 3.63) is 18.0 Å². The molecule has 1 aliphatic heterocycles. The van der Waals surface area contributed by atoms with Crippen molar-refractivity contribution < 1.29 is 4.79 Å². The molecule has 0 bridgehead atoms. The molecular formula is C17H31ClN4O. The number of rotatable bonds is 7. The average molecular weight is 343 g/mol. The van der Waals surface area contributed by atoms with E-state index in [1.54, 1.807) is 0 Å². The number of halogens is 1. The van der Waals surface area contributed by atoms with Crippen LogP contribution in [0.15, 0.2) is 12.3 Å². The highest BCUT2D eigenvalue weighted by Gasteiger charge is 2.22. The van der Waals surface area contributed by atoms with Gasteiger partial charge in [-0.2, -0.15) is 5.10 Å². The monoisotopic (exact) mass is 342 g/mol. The SMILES string of the molecule is CCCCCN(C(=O)c1ccn(C2CCCNC2)n1)C(C)C.Cl. The topological polar surface area (TPSA) is 50.2 Å². The van der Waals surface area contributed by atoms with Crippen molar-refractivity contribution in [1.82, 2.24) is 20.0 Å². The zero-order valence-corrected chi connectivity index (χ0v) is 15.4. The number of nitrogens with one attached hydrogen (secondary N) is 1. The van der Waals surface area contributed by atoms with Crippen molar-refractivity contribution >= 4 is 18.3 Å². The molecule has 132 valence electrons. The van der Waals surface area contributed by atoms with Crippen molar-refractivity contribution in [2.75, 3.05) is 19.6 Å². The number of carbonyl (C=O) groups excluding carboxylic acids is 1. The van der Waals surface area contributed by atoms with Gasteiger partial charge >= 0.3 is 0 Å². The predicted octanol–water partition coefficient (Wildman–Crippen LogP) is 3.27. The van der Waals surface area contributed by atoms with Crippen LogP contribution in [0.5, 0.6) is 0 Å². The molecule has 2 rings (SSSR count). The third kappa shape index (κ3) is 5.50. The second-order valence-corrected chi connectivity index (χ2v) is 6.48. The lowest BCUT2D eigenvalue weighted by atomic mass is 10.1. The summed E-state index contributed by atoms with van der Waals surface area (Å²) in [5.41, 5.74) is 0.579. The maximum Gasteiger partial charge on any atom is 0.274 e. The van der Waals surface area contributed by atoms with Crippen molar-refractivity contribution in [2.45, 2.75) is 65.0 Å². The molecular weight excluding hydrogens is 312 g/mol. The van der Waals surface area contributed by atoms with Crippen molar-refractivity contribution in [2.24, 2.45) is 0 Å². The van der Waals surface area contributed by atoms with Crippen LogP contribution in [-0.4, -0.2) is 46.3 Å². The number of amides is 1.